The Kier molecular flexibility index (Phi) is 5.84. The maximum atomic E-state index is 11.8. The molecule has 5 nitrogen and oxygen atoms in total. The summed E-state index contributed by atoms with van der Waals surface area (Å²) in [7, 11) is 1.58. The highest BCUT2D eigenvalue weighted by Crippen LogP contribution is 2.29. The zero-order valence-corrected chi connectivity index (χ0v) is 13.7. The second-order valence-corrected chi connectivity index (χ2v) is 5.49. The van der Waals surface area contributed by atoms with Crippen molar-refractivity contribution in [1.82, 2.24) is 5.43 Å². The lowest BCUT2D eigenvalue weighted by atomic mass is 10.1. The lowest BCUT2D eigenvalue weighted by Crippen LogP contribution is -2.19. The van der Waals surface area contributed by atoms with Gasteiger partial charge in [-0.15, -0.1) is 0 Å². The number of rotatable bonds is 5. The highest BCUT2D eigenvalue weighted by Gasteiger charge is 2.06. The van der Waals surface area contributed by atoms with Crippen molar-refractivity contribution in [3.63, 3.8) is 0 Å². The van der Waals surface area contributed by atoms with Crippen LogP contribution in [0.4, 0.5) is 0 Å². The first-order chi connectivity index (χ1) is 11.0. The van der Waals surface area contributed by atoms with E-state index in [1.807, 2.05) is 0 Å². The zero-order chi connectivity index (χ0) is 16.8. The van der Waals surface area contributed by atoms with Crippen molar-refractivity contribution >= 4 is 35.3 Å². The molecular formula is C16H14Cl2N2O3. The van der Waals surface area contributed by atoms with E-state index in [9.17, 15) is 9.90 Å². The summed E-state index contributed by atoms with van der Waals surface area (Å²) in [5, 5.41) is 14.0. The lowest BCUT2D eigenvalue weighted by molar-refractivity contribution is -0.120. The van der Waals surface area contributed by atoms with Crippen molar-refractivity contribution in [2.24, 2.45) is 5.10 Å². The van der Waals surface area contributed by atoms with E-state index >= 15 is 0 Å². The number of benzene rings is 2. The van der Waals surface area contributed by atoms with Crippen LogP contribution in [-0.2, 0) is 11.2 Å². The Morgan fingerprint density at radius 1 is 1.30 bits per heavy atom. The summed E-state index contributed by atoms with van der Waals surface area (Å²) in [5.41, 5.74) is 3.51. The van der Waals surface area contributed by atoms with Crippen LogP contribution >= 0.6 is 23.2 Å². The second-order valence-electron chi connectivity index (χ2n) is 4.64. The fourth-order valence-corrected chi connectivity index (χ4v) is 2.34. The summed E-state index contributed by atoms with van der Waals surface area (Å²) in [6, 6.07) is 10.0. The third-order valence-corrected chi connectivity index (χ3v) is 3.48. The maximum absolute atomic E-state index is 11.8. The fraction of sp³-hybridized carbons (Fsp3) is 0.125. The van der Waals surface area contributed by atoms with Crippen LogP contribution in [-0.4, -0.2) is 24.3 Å². The Bertz CT molecular complexity index is 731. The number of hydrogen-bond acceptors (Lipinski definition) is 4. The molecule has 2 N–H and O–H groups in total. The number of amides is 1. The molecule has 0 saturated carbocycles. The Hall–Kier alpha value is -2.24. The number of methoxy groups -OCH3 is 1. The summed E-state index contributed by atoms with van der Waals surface area (Å²) < 4.78 is 5.05. The van der Waals surface area contributed by atoms with Crippen LogP contribution in [0.25, 0.3) is 0 Å². The number of nitrogens with zero attached hydrogens (tertiary/aromatic N) is 1. The first-order valence-corrected chi connectivity index (χ1v) is 7.38. The number of carbonyl (C=O) groups is 1. The van der Waals surface area contributed by atoms with E-state index < -0.39 is 0 Å². The van der Waals surface area contributed by atoms with Gasteiger partial charge in [0.2, 0.25) is 5.91 Å². The molecule has 0 aliphatic rings. The molecule has 0 radical (unpaired) electrons. The number of halogens is 2. The standard InChI is InChI=1S/C16H14Cl2N2O3/c1-23-13-4-2-10(3-5-13)6-15(21)20-19-9-11-7-12(17)8-14(18)16(11)22/h2-5,7-9,22H,6H2,1H3,(H,20,21). The summed E-state index contributed by atoms with van der Waals surface area (Å²) in [6.45, 7) is 0. The van der Waals surface area contributed by atoms with Gasteiger partial charge in [0, 0.05) is 10.6 Å². The summed E-state index contributed by atoms with van der Waals surface area (Å²) in [6.07, 6.45) is 1.45. The minimum Gasteiger partial charge on any atom is -0.506 e. The van der Waals surface area contributed by atoms with Gasteiger partial charge in [-0.1, -0.05) is 35.3 Å². The number of nitrogens with one attached hydrogen (secondary N) is 1. The molecule has 0 unspecified atom stereocenters. The van der Waals surface area contributed by atoms with Crippen molar-refractivity contribution in [3.8, 4) is 11.5 Å². The summed E-state index contributed by atoms with van der Waals surface area (Å²) in [5.74, 6) is 0.281. The lowest BCUT2D eigenvalue weighted by Gasteiger charge is -2.04. The normalized spacial score (nSPS) is 10.7. The van der Waals surface area contributed by atoms with Crippen molar-refractivity contribution in [1.29, 1.82) is 0 Å². The van der Waals surface area contributed by atoms with Crippen LogP contribution in [0.5, 0.6) is 11.5 Å². The summed E-state index contributed by atoms with van der Waals surface area (Å²) >= 11 is 11.6. The molecule has 2 aromatic carbocycles. The molecule has 120 valence electrons. The van der Waals surface area contributed by atoms with Crippen LogP contribution < -0.4 is 10.2 Å². The van der Waals surface area contributed by atoms with Crippen molar-refractivity contribution in [3.05, 3.63) is 57.6 Å². The number of phenolic OH excluding ortho intramolecular Hbond substituents is 1. The smallest absolute Gasteiger partial charge is 0.244 e. The van der Waals surface area contributed by atoms with E-state index in [4.69, 9.17) is 27.9 Å². The third-order valence-electron chi connectivity index (χ3n) is 2.97. The molecule has 0 saturated heterocycles. The van der Waals surface area contributed by atoms with Gasteiger partial charge >= 0.3 is 0 Å². The zero-order valence-electron chi connectivity index (χ0n) is 12.2. The van der Waals surface area contributed by atoms with Crippen molar-refractivity contribution in [2.75, 3.05) is 7.11 Å². The quantitative estimate of drug-likeness (QED) is 0.639. The minimum atomic E-state index is -0.293. The molecule has 0 aromatic heterocycles. The number of hydrogen-bond donors (Lipinski definition) is 2. The topological polar surface area (TPSA) is 70.9 Å². The predicted octanol–water partition coefficient (Wildman–Crippen LogP) is 3.40. The van der Waals surface area contributed by atoms with Gasteiger partial charge in [-0.3, -0.25) is 4.79 Å². The number of ether oxygens (including phenoxy) is 1. The van der Waals surface area contributed by atoms with Crippen LogP contribution in [0.3, 0.4) is 0 Å². The second kappa shape index (κ2) is 7.85. The first kappa shape index (κ1) is 17.1. The number of hydrazone groups is 1. The van der Waals surface area contributed by atoms with Gasteiger partial charge in [0.15, 0.2) is 0 Å². The molecule has 0 atom stereocenters. The molecule has 0 aliphatic heterocycles. The molecular weight excluding hydrogens is 339 g/mol. The van der Waals surface area contributed by atoms with Crippen LogP contribution in [0.15, 0.2) is 41.5 Å². The Morgan fingerprint density at radius 3 is 2.65 bits per heavy atom. The van der Waals surface area contributed by atoms with Gasteiger partial charge in [-0.25, -0.2) is 5.43 Å². The van der Waals surface area contributed by atoms with Crippen molar-refractivity contribution in [2.45, 2.75) is 6.42 Å². The highest BCUT2D eigenvalue weighted by atomic mass is 35.5. The van der Waals surface area contributed by atoms with E-state index in [0.29, 0.717) is 10.6 Å². The Morgan fingerprint density at radius 2 is 2.00 bits per heavy atom. The molecule has 23 heavy (non-hydrogen) atoms. The van der Waals surface area contributed by atoms with E-state index in [1.165, 1.54) is 18.3 Å². The van der Waals surface area contributed by atoms with E-state index in [-0.39, 0.29) is 23.1 Å². The van der Waals surface area contributed by atoms with E-state index in [2.05, 4.69) is 10.5 Å². The van der Waals surface area contributed by atoms with Gasteiger partial charge in [-0.2, -0.15) is 5.10 Å². The van der Waals surface area contributed by atoms with E-state index in [1.54, 1.807) is 31.4 Å². The average molecular weight is 353 g/mol. The van der Waals surface area contributed by atoms with Gasteiger partial charge in [0.1, 0.15) is 11.5 Å². The predicted molar refractivity (Wildman–Crippen MR) is 90.6 cm³/mol. The SMILES string of the molecule is COc1ccc(CC(=O)NN=Cc2cc(Cl)cc(Cl)c2O)cc1. The third kappa shape index (κ3) is 4.87. The van der Waals surface area contributed by atoms with Crippen LogP contribution in [0.2, 0.25) is 10.0 Å². The van der Waals surface area contributed by atoms with Gasteiger partial charge in [-0.05, 0) is 29.8 Å². The van der Waals surface area contributed by atoms with Crippen LogP contribution in [0, 0.1) is 0 Å². The number of carbonyl (C=O) groups excluding carboxylic acids is 1. The van der Waals surface area contributed by atoms with E-state index in [0.717, 1.165) is 11.3 Å². The molecule has 0 spiro atoms. The Labute approximate surface area is 143 Å². The van der Waals surface area contributed by atoms with Gasteiger partial charge in [0.05, 0.1) is 24.8 Å². The number of aromatic hydroxyl groups is 1. The minimum absolute atomic E-state index is 0.114. The maximum Gasteiger partial charge on any atom is 0.244 e. The Balaban J connectivity index is 1.96. The molecule has 2 rings (SSSR count). The van der Waals surface area contributed by atoms with Crippen molar-refractivity contribution < 1.29 is 14.6 Å². The number of phenols is 1. The summed E-state index contributed by atoms with van der Waals surface area (Å²) in [4.78, 5) is 11.8. The fourth-order valence-electron chi connectivity index (χ4n) is 1.83. The average Bonchev–Trinajstić information content (AvgIpc) is 2.52. The molecule has 1 amide bonds. The monoisotopic (exact) mass is 352 g/mol. The van der Waals surface area contributed by atoms with Gasteiger partial charge in [0.25, 0.3) is 0 Å². The molecule has 0 fully saturated rings. The van der Waals surface area contributed by atoms with Crippen LogP contribution in [0.1, 0.15) is 11.1 Å². The first-order valence-electron chi connectivity index (χ1n) is 6.62. The molecule has 0 aliphatic carbocycles. The molecule has 0 heterocycles. The largest absolute Gasteiger partial charge is 0.506 e. The van der Waals surface area contributed by atoms with Gasteiger partial charge < -0.3 is 9.84 Å². The highest BCUT2D eigenvalue weighted by molar-refractivity contribution is 6.36. The molecule has 0 bridgehead atoms. The molecule has 7 heteroatoms. The molecule has 2 aromatic rings.